The summed E-state index contributed by atoms with van der Waals surface area (Å²) >= 11 is 10.6. The molecule has 0 atom stereocenters. The maximum absolute atomic E-state index is 12.4. The number of nitro groups is 1. The van der Waals surface area contributed by atoms with Gasteiger partial charge in [0, 0.05) is 28.1 Å². The number of furan rings is 1. The number of carbonyl (C=O) groups excluding carboxylic acids is 1. The number of carbonyl (C=O) groups is 1. The molecule has 8 nitrogen and oxygen atoms in total. The van der Waals surface area contributed by atoms with Crippen LogP contribution in [-0.4, -0.2) is 17.0 Å². The largest absolute Gasteiger partial charge is 0.487 e. The number of fused-ring (bicyclic) bond motifs is 1. The average molecular weight is 702 g/mol. The van der Waals surface area contributed by atoms with Crippen LogP contribution in [0.1, 0.15) is 21.7 Å². The Morgan fingerprint density at radius 2 is 1.88 bits per heavy atom. The van der Waals surface area contributed by atoms with Gasteiger partial charge in [-0.3, -0.25) is 14.9 Å². The molecule has 11 heteroatoms. The Bertz CT molecular complexity index is 1410. The van der Waals surface area contributed by atoms with Crippen molar-refractivity contribution in [2.45, 2.75) is 6.61 Å². The van der Waals surface area contributed by atoms with Gasteiger partial charge in [-0.1, -0.05) is 29.8 Å². The lowest BCUT2D eigenvalue weighted by Gasteiger charge is -2.12. The monoisotopic (exact) mass is 701 g/mol. The molecular weight excluding hydrogens is 688 g/mol. The van der Waals surface area contributed by atoms with Crippen LogP contribution in [0.25, 0.3) is 11.0 Å². The number of halogens is 3. The lowest BCUT2D eigenvalue weighted by molar-refractivity contribution is -0.384. The summed E-state index contributed by atoms with van der Waals surface area (Å²) in [5.41, 5.74) is 4.35. The molecule has 3 aromatic carbocycles. The molecule has 1 heterocycles. The van der Waals surface area contributed by atoms with E-state index in [2.05, 4.69) is 55.7 Å². The molecule has 4 aromatic rings. The van der Waals surface area contributed by atoms with Gasteiger partial charge in [0.25, 0.3) is 5.69 Å². The van der Waals surface area contributed by atoms with Crippen LogP contribution in [-0.2, 0) is 6.61 Å². The van der Waals surface area contributed by atoms with Gasteiger partial charge in [0.1, 0.15) is 17.9 Å². The first-order valence-electron chi connectivity index (χ1n) is 9.68. The number of rotatable bonds is 7. The maximum atomic E-state index is 12.4. The van der Waals surface area contributed by atoms with E-state index in [1.807, 2.05) is 36.4 Å². The highest BCUT2D eigenvalue weighted by atomic mass is 127. The molecule has 0 aliphatic carbocycles. The van der Waals surface area contributed by atoms with Crippen molar-refractivity contribution in [2.75, 3.05) is 0 Å². The molecule has 0 fully saturated rings. The predicted octanol–water partition coefficient (Wildman–Crippen LogP) is 6.55. The van der Waals surface area contributed by atoms with E-state index in [9.17, 15) is 14.9 Å². The van der Waals surface area contributed by atoms with E-state index in [-0.39, 0.29) is 11.4 Å². The van der Waals surface area contributed by atoms with Gasteiger partial charge < -0.3 is 9.15 Å². The van der Waals surface area contributed by atoms with Crippen molar-refractivity contribution in [2.24, 2.45) is 5.10 Å². The van der Waals surface area contributed by atoms with E-state index in [0.29, 0.717) is 22.6 Å². The van der Waals surface area contributed by atoms with Crippen LogP contribution in [0.15, 0.2) is 70.2 Å². The number of hydrogen-bond donors (Lipinski definition) is 1. The van der Waals surface area contributed by atoms with Crippen molar-refractivity contribution in [3.05, 3.63) is 99.8 Å². The minimum atomic E-state index is -0.570. The fourth-order valence-corrected chi connectivity index (χ4v) is 5.35. The molecule has 0 unspecified atom stereocenters. The molecule has 34 heavy (non-hydrogen) atoms. The molecule has 0 saturated heterocycles. The Morgan fingerprint density at radius 1 is 1.15 bits per heavy atom. The van der Waals surface area contributed by atoms with Crippen LogP contribution in [0.2, 0.25) is 5.02 Å². The summed E-state index contributed by atoms with van der Waals surface area (Å²) in [6, 6.07) is 16.8. The van der Waals surface area contributed by atoms with Gasteiger partial charge >= 0.3 is 5.91 Å². The van der Waals surface area contributed by atoms with Gasteiger partial charge in [-0.25, -0.2) is 5.43 Å². The first kappa shape index (κ1) is 24.4. The average Bonchev–Trinajstić information content (AvgIpc) is 3.23. The van der Waals surface area contributed by atoms with Gasteiger partial charge in [-0.15, -0.1) is 0 Å². The first-order valence-corrected chi connectivity index (χ1v) is 12.2. The number of benzene rings is 3. The summed E-state index contributed by atoms with van der Waals surface area (Å²) in [7, 11) is 0. The summed E-state index contributed by atoms with van der Waals surface area (Å²) in [6.07, 6.45) is 1.51. The van der Waals surface area contributed by atoms with E-state index in [1.54, 1.807) is 0 Å². The topological polar surface area (TPSA) is 107 Å². The zero-order valence-electron chi connectivity index (χ0n) is 17.1. The quantitative estimate of drug-likeness (QED) is 0.102. The predicted molar refractivity (Wildman–Crippen MR) is 146 cm³/mol. The molecule has 0 spiro atoms. The molecule has 0 aliphatic rings. The maximum Gasteiger partial charge on any atom is 0.307 e. The van der Waals surface area contributed by atoms with E-state index in [4.69, 9.17) is 20.8 Å². The molecule has 0 radical (unpaired) electrons. The Morgan fingerprint density at radius 3 is 2.59 bits per heavy atom. The number of nitrogens with one attached hydrogen (secondary N) is 1. The number of ether oxygens (including phenoxy) is 1. The molecule has 1 N–H and O–H groups in total. The number of amides is 1. The molecule has 1 aromatic heterocycles. The minimum Gasteiger partial charge on any atom is -0.487 e. The highest BCUT2D eigenvalue weighted by molar-refractivity contribution is 14.1. The zero-order chi connectivity index (χ0) is 24.2. The molecule has 172 valence electrons. The molecule has 4 rings (SSSR count). The lowest BCUT2D eigenvalue weighted by atomic mass is 10.2. The Labute approximate surface area is 225 Å². The van der Waals surface area contributed by atoms with Crippen LogP contribution < -0.4 is 10.2 Å². The molecule has 0 saturated carbocycles. The van der Waals surface area contributed by atoms with E-state index < -0.39 is 10.8 Å². The van der Waals surface area contributed by atoms with Crippen molar-refractivity contribution in [1.29, 1.82) is 0 Å². The Balaban J connectivity index is 1.42. The second-order valence-electron chi connectivity index (χ2n) is 6.98. The number of nitro benzene ring substituents is 1. The number of hydrazone groups is 1. The van der Waals surface area contributed by atoms with Gasteiger partial charge in [0.05, 0.1) is 18.3 Å². The van der Waals surface area contributed by atoms with Crippen molar-refractivity contribution in [3.63, 3.8) is 0 Å². The van der Waals surface area contributed by atoms with Crippen LogP contribution in [0.5, 0.6) is 5.75 Å². The van der Waals surface area contributed by atoms with E-state index >= 15 is 0 Å². The zero-order valence-corrected chi connectivity index (χ0v) is 22.2. The van der Waals surface area contributed by atoms with Crippen molar-refractivity contribution < 1.29 is 18.9 Å². The molecular formula is C23H14ClI2N3O5. The van der Waals surface area contributed by atoms with Gasteiger partial charge in [-0.05, 0) is 81.1 Å². The first-order chi connectivity index (χ1) is 16.3. The molecule has 0 bridgehead atoms. The van der Waals surface area contributed by atoms with Crippen molar-refractivity contribution in [3.8, 4) is 5.75 Å². The van der Waals surface area contributed by atoms with Crippen LogP contribution in [0, 0.1) is 17.3 Å². The third-order valence-corrected chi connectivity index (χ3v) is 6.64. The van der Waals surface area contributed by atoms with Crippen LogP contribution in [0.4, 0.5) is 5.69 Å². The minimum absolute atomic E-state index is 0.000120. The second kappa shape index (κ2) is 10.7. The fraction of sp³-hybridized carbons (Fsp3) is 0.0435. The van der Waals surface area contributed by atoms with Crippen molar-refractivity contribution in [1.82, 2.24) is 5.43 Å². The third-order valence-electron chi connectivity index (χ3n) is 4.66. The van der Waals surface area contributed by atoms with Gasteiger partial charge in [0.15, 0.2) is 5.76 Å². The normalized spacial score (nSPS) is 11.1. The second-order valence-corrected chi connectivity index (χ2v) is 9.71. The SMILES string of the molecule is O=C(N/N=C\c1cc(I)c(OCc2ccccc2Cl)c(I)c1)c1cc2cc([N+](=O)[O-])ccc2o1. The van der Waals surface area contributed by atoms with Crippen LogP contribution in [0.3, 0.4) is 0 Å². The summed E-state index contributed by atoms with van der Waals surface area (Å²) in [5, 5.41) is 16.0. The third kappa shape index (κ3) is 5.67. The van der Waals surface area contributed by atoms with E-state index in [1.165, 1.54) is 30.5 Å². The highest BCUT2D eigenvalue weighted by Gasteiger charge is 2.15. The van der Waals surface area contributed by atoms with E-state index in [0.717, 1.165) is 24.0 Å². The molecule has 0 aliphatic heterocycles. The summed E-state index contributed by atoms with van der Waals surface area (Å²) in [4.78, 5) is 22.8. The standard InChI is InChI=1S/C23H14ClI2N3O5/c24-17-4-2-1-3-14(17)12-33-22-18(25)7-13(8-19(22)26)11-27-28-23(30)21-10-15-9-16(29(31)32)5-6-20(15)34-21/h1-11H,12H2,(H,28,30)/b27-11-. The highest BCUT2D eigenvalue weighted by Crippen LogP contribution is 2.30. The molecule has 1 amide bonds. The van der Waals surface area contributed by atoms with Gasteiger partial charge in [0.2, 0.25) is 0 Å². The summed E-state index contributed by atoms with van der Waals surface area (Å²) in [5.74, 6) is 0.165. The number of nitrogens with zero attached hydrogens (tertiary/aromatic N) is 2. The number of non-ortho nitro benzene ring substituents is 1. The lowest BCUT2D eigenvalue weighted by Crippen LogP contribution is -2.16. The summed E-state index contributed by atoms with van der Waals surface area (Å²) < 4.78 is 13.2. The van der Waals surface area contributed by atoms with Gasteiger partial charge in [-0.2, -0.15) is 5.10 Å². The Hall–Kier alpha value is -2.71. The Kier molecular flexibility index (Phi) is 7.68. The number of hydrogen-bond acceptors (Lipinski definition) is 6. The van der Waals surface area contributed by atoms with Crippen LogP contribution >= 0.6 is 56.8 Å². The summed E-state index contributed by atoms with van der Waals surface area (Å²) in [6.45, 7) is 0.343. The fourth-order valence-electron chi connectivity index (χ4n) is 3.03. The van der Waals surface area contributed by atoms with Crippen molar-refractivity contribution >= 4 is 85.6 Å². The smallest absolute Gasteiger partial charge is 0.307 e.